The van der Waals surface area contributed by atoms with Crippen molar-refractivity contribution in [2.45, 2.75) is 17.9 Å². The molecule has 1 unspecified atom stereocenters. The van der Waals surface area contributed by atoms with Gasteiger partial charge in [0.1, 0.15) is 5.75 Å². The monoisotopic (exact) mass is 381 g/mol. The van der Waals surface area contributed by atoms with E-state index in [0.717, 1.165) is 5.56 Å². The number of hydrogen-bond donors (Lipinski definition) is 0. The van der Waals surface area contributed by atoms with Gasteiger partial charge >= 0.3 is 0 Å². The Kier molecular flexibility index (Phi) is 5.64. The van der Waals surface area contributed by atoms with E-state index in [1.165, 1.54) is 4.31 Å². The van der Waals surface area contributed by atoms with E-state index in [9.17, 15) is 8.42 Å². The van der Waals surface area contributed by atoms with Gasteiger partial charge in [-0.15, -0.1) is 0 Å². The minimum absolute atomic E-state index is 0.257. The molecule has 5 nitrogen and oxygen atoms in total. The van der Waals surface area contributed by atoms with Crippen LogP contribution in [0.15, 0.2) is 53.4 Å². The van der Waals surface area contributed by atoms with Gasteiger partial charge in [0.15, 0.2) is 0 Å². The van der Waals surface area contributed by atoms with Gasteiger partial charge in [-0.1, -0.05) is 23.7 Å². The number of hydrogen-bond acceptors (Lipinski definition) is 4. The summed E-state index contributed by atoms with van der Waals surface area (Å²) in [6.45, 7) is 3.38. The van der Waals surface area contributed by atoms with Crippen molar-refractivity contribution in [3.8, 4) is 5.75 Å². The Hall–Kier alpha value is -1.60. The third-order valence-electron chi connectivity index (χ3n) is 4.04. The molecule has 134 valence electrons. The minimum atomic E-state index is -3.57. The highest BCUT2D eigenvalue weighted by Gasteiger charge is 2.31. The van der Waals surface area contributed by atoms with Crippen molar-refractivity contribution in [2.24, 2.45) is 0 Å². The molecule has 0 spiro atoms. The largest absolute Gasteiger partial charge is 0.494 e. The van der Waals surface area contributed by atoms with Crippen molar-refractivity contribution in [1.82, 2.24) is 4.31 Å². The van der Waals surface area contributed by atoms with Crippen LogP contribution < -0.4 is 4.74 Å². The van der Waals surface area contributed by atoms with Crippen LogP contribution in [0.1, 0.15) is 18.6 Å². The molecular formula is C18H20ClNO4S. The van der Waals surface area contributed by atoms with E-state index in [4.69, 9.17) is 21.1 Å². The quantitative estimate of drug-likeness (QED) is 0.795. The van der Waals surface area contributed by atoms with E-state index in [2.05, 4.69) is 0 Å². The van der Waals surface area contributed by atoms with Crippen molar-refractivity contribution in [3.63, 3.8) is 0 Å². The van der Waals surface area contributed by atoms with Gasteiger partial charge in [0, 0.05) is 18.1 Å². The molecule has 0 aliphatic carbocycles. The maximum Gasteiger partial charge on any atom is 0.243 e. The molecule has 0 bridgehead atoms. The molecule has 0 aromatic heterocycles. The van der Waals surface area contributed by atoms with Crippen LogP contribution in [0.4, 0.5) is 0 Å². The smallest absolute Gasteiger partial charge is 0.243 e. The van der Waals surface area contributed by atoms with Gasteiger partial charge in [-0.25, -0.2) is 8.42 Å². The van der Waals surface area contributed by atoms with Gasteiger partial charge in [-0.05, 0) is 48.9 Å². The standard InChI is InChI=1S/C18H20ClNO4S/c1-2-23-16-7-9-17(10-8-16)25(21,22)20-11-12-24-18(13-20)14-3-5-15(19)6-4-14/h3-10,18H,2,11-13H2,1H3. The van der Waals surface area contributed by atoms with Crippen LogP contribution in [0, 0.1) is 0 Å². The number of nitrogens with zero attached hydrogens (tertiary/aromatic N) is 1. The maximum atomic E-state index is 12.9. The van der Waals surface area contributed by atoms with Crippen molar-refractivity contribution in [3.05, 3.63) is 59.1 Å². The molecule has 3 rings (SSSR count). The van der Waals surface area contributed by atoms with Gasteiger partial charge in [0.2, 0.25) is 10.0 Å². The summed E-state index contributed by atoms with van der Waals surface area (Å²) in [7, 11) is -3.57. The van der Waals surface area contributed by atoms with E-state index in [1.807, 2.05) is 19.1 Å². The lowest BCUT2D eigenvalue weighted by atomic mass is 10.1. The van der Waals surface area contributed by atoms with Crippen molar-refractivity contribution in [1.29, 1.82) is 0 Å². The number of halogens is 1. The van der Waals surface area contributed by atoms with Gasteiger partial charge in [-0.3, -0.25) is 0 Å². The number of benzene rings is 2. The van der Waals surface area contributed by atoms with Crippen LogP contribution in [0.25, 0.3) is 0 Å². The zero-order valence-corrected chi connectivity index (χ0v) is 15.5. The summed E-state index contributed by atoms with van der Waals surface area (Å²) >= 11 is 5.91. The fourth-order valence-corrected chi connectivity index (χ4v) is 4.30. The fraction of sp³-hybridized carbons (Fsp3) is 0.333. The van der Waals surface area contributed by atoms with E-state index in [0.29, 0.717) is 30.5 Å². The lowest BCUT2D eigenvalue weighted by molar-refractivity contribution is -0.00255. The summed E-state index contributed by atoms with van der Waals surface area (Å²) in [6.07, 6.45) is -0.302. The third kappa shape index (κ3) is 4.15. The number of rotatable bonds is 5. The van der Waals surface area contributed by atoms with E-state index in [1.54, 1.807) is 36.4 Å². The summed E-state index contributed by atoms with van der Waals surface area (Å²) in [5, 5.41) is 0.637. The molecule has 1 atom stereocenters. The highest BCUT2D eigenvalue weighted by molar-refractivity contribution is 7.89. The Labute approximate surface area is 153 Å². The Balaban J connectivity index is 1.78. The van der Waals surface area contributed by atoms with Crippen LogP contribution in [0.3, 0.4) is 0 Å². The lowest BCUT2D eigenvalue weighted by Gasteiger charge is -2.32. The first-order valence-electron chi connectivity index (χ1n) is 8.11. The number of morpholine rings is 1. The predicted octanol–water partition coefficient (Wildman–Crippen LogP) is 3.50. The van der Waals surface area contributed by atoms with Crippen LogP contribution in [0.5, 0.6) is 5.75 Å². The topological polar surface area (TPSA) is 55.8 Å². The van der Waals surface area contributed by atoms with Crippen LogP contribution in [0.2, 0.25) is 5.02 Å². The Bertz CT molecular complexity index is 806. The molecule has 1 aliphatic heterocycles. The van der Waals surface area contributed by atoms with Gasteiger partial charge in [0.25, 0.3) is 0 Å². The Morgan fingerprint density at radius 2 is 1.84 bits per heavy atom. The average molecular weight is 382 g/mol. The van der Waals surface area contributed by atoms with Crippen molar-refractivity contribution in [2.75, 3.05) is 26.3 Å². The first kappa shape index (κ1) is 18.2. The van der Waals surface area contributed by atoms with E-state index >= 15 is 0 Å². The van der Waals surface area contributed by atoms with Crippen LogP contribution in [-0.2, 0) is 14.8 Å². The van der Waals surface area contributed by atoms with Crippen LogP contribution >= 0.6 is 11.6 Å². The lowest BCUT2D eigenvalue weighted by Crippen LogP contribution is -2.42. The van der Waals surface area contributed by atoms with Gasteiger partial charge < -0.3 is 9.47 Å². The molecule has 1 aliphatic rings. The fourth-order valence-electron chi connectivity index (χ4n) is 2.75. The second-order valence-corrected chi connectivity index (χ2v) is 8.05. The third-order valence-corrected chi connectivity index (χ3v) is 6.17. The first-order chi connectivity index (χ1) is 12.0. The Morgan fingerprint density at radius 3 is 2.48 bits per heavy atom. The highest BCUT2D eigenvalue weighted by Crippen LogP contribution is 2.28. The molecule has 1 saturated heterocycles. The van der Waals surface area contributed by atoms with Gasteiger partial charge in [-0.2, -0.15) is 4.31 Å². The molecule has 7 heteroatoms. The van der Waals surface area contributed by atoms with E-state index in [-0.39, 0.29) is 17.5 Å². The summed E-state index contributed by atoms with van der Waals surface area (Å²) in [5.41, 5.74) is 0.913. The van der Waals surface area contributed by atoms with Gasteiger partial charge in [0.05, 0.1) is 24.2 Å². The normalized spacial score (nSPS) is 18.9. The average Bonchev–Trinajstić information content (AvgIpc) is 2.63. The highest BCUT2D eigenvalue weighted by atomic mass is 35.5. The second kappa shape index (κ2) is 7.74. The zero-order valence-electron chi connectivity index (χ0n) is 13.9. The molecule has 1 fully saturated rings. The van der Waals surface area contributed by atoms with Crippen molar-refractivity contribution < 1.29 is 17.9 Å². The molecule has 0 saturated carbocycles. The molecular weight excluding hydrogens is 362 g/mol. The van der Waals surface area contributed by atoms with Crippen molar-refractivity contribution >= 4 is 21.6 Å². The molecule has 0 N–H and O–H groups in total. The first-order valence-corrected chi connectivity index (χ1v) is 9.92. The number of ether oxygens (including phenoxy) is 2. The summed E-state index contributed by atoms with van der Waals surface area (Å²) in [5.74, 6) is 0.655. The zero-order chi connectivity index (χ0) is 17.9. The molecule has 2 aromatic rings. The molecule has 1 heterocycles. The SMILES string of the molecule is CCOc1ccc(S(=O)(=O)N2CCOC(c3ccc(Cl)cc3)C2)cc1. The summed E-state index contributed by atoms with van der Waals surface area (Å²) in [6, 6.07) is 13.8. The summed E-state index contributed by atoms with van der Waals surface area (Å²) < 4.78 is 38.4. The molecule has 2 aromatic carbocycles. The Morgan fingerprint density at radius 1 is 1.16 bits per heavy atom. The minimum Gasteiger partial charge on any atom is -0.494 e. The summed E-state index contributed by atoms with van der Waals surface area (Å²) in [4.78, 5) is 0.257. The predicted molar refractivity (Wildman–Crippen MR) is 96.5 cm³/mol. The number of sulfonamides is 1. The van der Waals surface area contributed by atoms with E-state index < -0.39 is 10.0 Å². The van der Waals surface area contributed by atoms with Crippen LogP contribution in [-0.4, -0.2) is 39.0 Å². The molecule has 25 heavy (non-hydrogen) atoms. The molecule has 0 radical (unpaired) electrons. The molecule has 0 amide bonds. The second-order valence-electron chi connectivity index (χ2n) is 5.68. The maximum absolute atomic E-state index is 12.9.